The third-order valence-electron chi connectivity index (χ3n) is 3.93. The molecule has 1 unspecified atom stereocenters. The van der Waals surface area contributed by atoms with Crippen LogP contribution in [0.15, 0.2) is 53.7 Å². The molecule has 24 heavy (non-hydrogen) atoms. The summed E-state index contributed by atoms with van der Waals surface area (Å²) in [7, 11) is 0. The van der Waals surface area contributed by atoms with Gasteiger partial charge in [0, 0.05) is 6.54 Å². The van der Waals surface area contributed by atoms with Crippen molar-refractivity contribution in [2.45, 2.75) is 24.9 Å². The van der Waals surface area contributed by atoms with Crippen LogP contribution in [-0.4, -0.2) is 28.2 Å². The predicted octanol–water partition coefficient (Wildman–Crippen LogP) is 3.88. The van der Waals surface area contributed by atoms with E-state index in [0.29, 0.717) is 18.2 Å². The minimum absolute atomic E-state index is 0.0272. The number of imidazole rings is 1. The number of rotatable bonds is 6. The first-order valence-corrected chi connectivity index (χ1v) is 9.01. The van der Waals surface area contributed by atoms with Crippen molar-refractivity contribution in [2.75, 3.05) is 12.3 Å². The standard InChI is InChI=1S/C19H21N3OS/c1-13-8-9-16-17(10-13)22-19(21-16)24-12-18(23)20-11-14(2)15-6-4-3-5-7-15/h3-10,14H,11-12H2,1-2H3,(H,20,23)(H,21,22). The molecule has 3 aromatic rings. The highest BCUT2D eigenvalue weighted by Crippen LogP contribution is 2.20. The first kappa shape index (κ1) is 16.6. The Bertz CT molecular complexity index is 829. The van der Waals surface area contributed by atoms with Crippen LogP contribution < -0.4 is 5.32 Å². The number of H-pyrrole nitrogens is 1. The Morgan fingerprint density at radius 2 is 2.04 bits per heavy atom. The summed E-state index contributed by atoms with van der Waals surface area (Å²) in [4.78, 5) is 19.8. The summed E-state index contributed by atoms with van der Waals surface area (Å²) in [6, 6.07) is 16.3. The molecule has 0 bridgehead atoms. The minimum Gasteiger partial charge on any atom is -0.355 e. The Morgan fingerprint density at radius 3 is 2.83 bits per heavy atom. The molecule has 0 saturated carbocycles. The number of amides is 1. The Kier molecular flexibility index (Phi) is 5.20. The maximum Gasteiger partial charge on any atom is 0.230 e. The van der Waals surface area contributed by atoms with Crippen LogP contribution in [0, 0.1) is 6.92 Å². The molecule has 1 amide bonds. The summed E-state index contributed by atoms with van der Waals surface area (Å²) in [6.07, 6.45) is 0. The highest BCUT2D eigenvalue weighted by molar-refractivity contribution is 7.99. The highest BCUT2D eigenvalue weighted by Gasteiger charge is 2.09. The van der Waals surface area contributed by atoms with Crippen LogP contribution in [0.5, 0.6) is 0 Å². The Hall–Kier alpha value is -2.27. The van der Waals surface area contributed by atoms with E-state index in [1.807, 2.05) is 30.3 Å². The van der Waals surface area contributed by atoms with Gasteiger partial charge in [0.25, 0.3) is 0 Å². The smallest absolute Gasteiger partial charge is 0.230 e. The molecule has 1 heterocycles. The topological polar surface area (TPSA) is 57.8 Å². The summed E-state index contributed by atoms with van der Waals surface area (Å²) in [5, 5.41) is 3.77. The van der Waals surface area contributed by atoms with Gasteiger partial charge >= 0.3 is 0 Å². The van der Waals surface area contributed by atoms with Crippen molar-refractivity contribution in [3.8, 4) is 0 Å². The molecule has 5 heteroatoms. The zero-order valence-corrected chi connectivity index (χ0v) is 14.7. The summed E-state index contributed by atoms with van der Waals surface area (Å²) in [6.45, 7) is 4.81. The number of aromatic nitrogens is 2. The molecule has 0 aliphatic rings. The molecule has 4 nitrogen and oxygen atoms in total. The Balaban J connectivity index is 1.49. The summed E-state index contributed by atoms with van der Waals surface area (Å²) in [5.74, 6) is 0.689. The van der Waals surface area contributed by atoms with E-state index in [-0.39, 0.29) is 5.91 Å². The highest BCUT2D eigenvalue weighted by atomic mass is 32.2. The van der Waals surface area contributed by atoms with Crippen molar-refractivity contribution in [3.63, 3.8) is 0 Å². The van der Waals surface area contributed by atoms with Gasteiger partial charge in [-0.05, 0) is 36.1 Å². The zero-order chi connectivity index (χ0) is 16.9. The third-order valence-corrected chi connectivity index (χ3v) is 4.80. The number of fused-ring (bicyclic) bond motifs is 1. The zero-order valence-electron chi connectivity index (χ0n) is 13.9. The molecule has 0 radical (unpaired) electrons. The molecule has 0 spiro atoms. The normalized spacial score (nSPS) is 12.2. The average Bonchev–Trinajstić information content (AvgIpc) is 3.00. The van der Waals surface area contributed by atoms with Gasteiger partial charge in [-0.1, -0.05) is 55.1 Å². The van der Waals surface area contributed by atoms with Crippen LogP contribution in [0.25, 0.3) is 11.0 Å². The van der Waals surface area contributed by atoms with Crippen molar-refractivity contribution in [3.05, 3.63) is 59.7 Å². The molecular weight excluding hydrogens is 318 g/mol. The molecule has 2 aromatic carbocycles. The number of carbonyl (C=O) groups is 1. The molecule has 124 valence electrons. The second kappa shape index (κ2) is 7.53. The van der Waals surface area contributed by atoms with Gasteiger partial charge in [0.05, 0.1) is 16.8 Å². The van der Waals surface area contributed by atoms with E-state index in [0.717, 1.165) is 16.2 Å². The van der Waals surface area contributed by atoms with Gasteiger partial charge in [0.15, 0.2) is 5.16 Å². The van der Waals surface area contributed by atoms with E-state index in [1.165, 1.54) is 22.9 Å². The lowest BCUT2D eigenvalue weighted by Crippen LogP contribution is -2.29. The van der Waals surface area contributed by atoms with Gasteiger partial charge in [-0.15, -0.1) is 0 Å². The van der Waals surface area contributed by atoms with Crippen LogP contribution in [0.1, 0.15) is 24.0 Å². The van der Waals surface area contributed by atoms with Gasteiger partial charge in [0.1, 0.15) is 0 Å². The van der Waals surface area contributed by atoms with Gasteiger partial charge in [0.2, 0.25) is 5.91 Å². The number of thioether (sulfide) groups is 1. The number of benzene rings is 2. The van der Waals surface area contributed by atoms with E-state index in [9.17, 15) is 4.79 Å². The van der Waals surface area contributed by atoms with Crippen LogP contribution in [-0.2, 0) is 4.79 Å². The van der Waals surface area contributed by atoms with Crippen molar-refractivity contribution < 1.29 is 4.79 Å². The second-order valence-electron chi connectivity index (χ2n) is 5.97. The first-order valence-electron chi connectivity index (χ1n) is 8.02. The number of hydrogen-bond acceptors (Lipinski definition) is 3. The lowest BCUT2D eigenvalue weighted by atomic mass is 10.0. The SMILES string of the molecule is Cc1ccc2nc(SCC(=O)NCC(C)c3ccccc3)[nH]c2c1. The van der Waals surface area contributed by atoms with E-state index in [2.05, 4.69) is 47.3 Å². The van der Waals surface area contributed by atoms with E-state index >= 15 is 0 Å². The number of aromatic amines is 1. The maximum atomic E-state index is 12.0. The summed E-state index contributed by atoms with van der Waals surface area (Å²) >= 11 is 1.43. The molecule has 0 saturated heterocycles. The number of aryl methyl sites for hydroxylation is 1. The molecular formula is C19H21N3OS. The fourth-order valence-corrected chi connectivity index (χ4v) is 3.23. The van der Waals surface area contributed by atoms with Crippen molar-refractivity contribution in [2.24, 2.45) is 0 Å². The van der Waals surface area contributed by atoms with Crippen LogP contribution in [0.3, 0.4) is 0 Å². The molecule has 0 fully saturated rings. The summed E-state index contributed by atoms with van der Waals surface area (Å²) in [5.41, 5.74) is 4.37. The molecule has 3 rings (SSSR count). The Labute approximate surface area is 146 Å². The number of nitrogens with one attached hydrogen (secondary N) is 2. The van der Waals surface area contributed by atoms with Gasteiger partial charge in [-0.3, -0.25) is 4.79 Å². The molecule has 1 atom stereocenters. The van der Waals surface area contributed by atoms with Crippen molar-refractivity contribution in [1.29, 1.82) is 0 Å². The fraction of sp³-hybridized carbons (Fsp3) is 0.263. The number of nitrogens with zero attached hydrogens (tertiary/aromatic N) is 1. The largest absolute Gasteiger partial charge is 0.355 e. The van der Waals surface area contributed by atoms with Gasteiger partial charge < -0.3 is 10.3 Å². The van der Waals surface area contributed by atoms with E-state index in [4.69, 9.17) is 0 Å². The van der Waals surface area contributed by atoms with Crippen LogP contribution >= 0.6 is 11.8 Å². The monoisotopic (exact) mass is 339 g/mol. The third kappa shape index (κ3) is 4.17. The molecule has 2 N–H and O–H groups in total. The lowest BCUT2D eigenvalue weighted by molar-refractivity contribution is -0.118. The number of carbonyl (C=O) groups excluding carboxylic acids is 1. The average molecular weight is 339 g/mol. The van der Waals surface area contributed by atoms with E-state index < -0.39 is 0 Å². The second-order valence-corrected chi connectivity index (χ2v) is 6.93. The van der Waals surface area contributed by atoms with Crippen molar-refractivity contribution >= 4 is 28.7 Å². The summed E-state index contributed by atoms with van der Waals surface area (Å²) < 4.78 is 0. The fourth-order valence-electron chi connectivity index (χ4n) is 2.52. The predicted molar refractivity (Wildman–Crippen MR) is 99.4 cm³/mol. The molecule has 1 aromatic heterocycles. The van der Waals surface area contributed by atoms with Gasteiger partial charge in [-0.2, -0.15) is 0 Å². The minimum atomic E-state index is 0.0272. The van der Waals surface area contributed by atoms with Crippen LogP contribution in [0.2, 0.25) is 0 Å². The lowest BCUT2D eigenvalue weighted by Gasteiger charge is -2.12. The molecule has 0 aliphatic carbocycles. The van der Waals surface area contributed by atoms with Crippen molar-refractivity contribution in [1.82, 2.24) is 15.3 Å². The van der Waals surface area contributed by atoms with Crippen LogP contribution in [0.4, 0.5) is 0 Å². The first-order chi connectivity index (χ1) is 11.6. The van der Waals surface area contributed by atoms with E-state index in [1.54, 1.807) is 0 Å². The molecule has 0 aliphatic heterocycles. The van der Waals surface area contributed by atoms with Gasteiger partial charge in [-0.25, -0.2) is 4.98 Å². The maximum absolute atomic E-state index is 12.0. The quantitative estimate of drug-likeness (QED) is 0.670. The number of hydrogen-bond donors (Lipinski definition) is 2. The Morgan fingerprint density at radius 1 is 1.25 bits per heavy atom.